The lowest BCUT2D eigenvalue weighted by Crippen LogP contribution is -2.28. The zero-order valence-electron chi connectivity index (χ0n) is 14.3. The van der Waals surface area contributed by atoms with Crippen LogP contribution in [0.5, 0.6) is 5.75 Å². The summed E-state index contributed by atoms with van der Waals surface area (Å²) in [7, 11) is 0. The summed E-state index contributed by atoms with van der Waals surface area (Å²) in [6.45, 7) is 3.89. The van der Waals surface area contributed by atoms with Gasteiger partial charge in [-0.25, -0.2) is 4.98 Å². The first kappa shape index (κ1) is 16.8. The van der Waals surface area contributed by atoms with Crippen molar-refractivity contribution in [2.24, 2.45) is 0 Å². The molecular weight excluding hydrogens is 316 g/mol. The van der Waals surface area contributed by atoms with E-state index in [0.717, 1.165) is 22.6 Å². The van der Waals surface area contributed by atoms with E-state index >= 15 is 0 Å². The van der Waals surface area contributed by atoms with E-state index in [1.54, 1.807) is 0 Å². The van der Waals surface area contributed by atoms with Gasteiger partial charge in [0.15, 0.2) is 6.61 Å². The van der Waals surface area contributed by atoms with E-state index in [-0.39, 0.29) is 19.1 Å². The van der Waals surface area contributed by atoms with Crippen molar-refractivity contribution in [2.75, 3.05) is 6.61 Å². The quantitative estimate of drug-likeness (QED) is 0.746. The van der Waals surface area contributed by atoms with E-state index in [1.165, 1.54) is 0 Å². The Bertz CT molecular complexity index is 837. The van der Waals surface area contributed by atoms with Gasteiger partial charge in [-0.1, -0.05) is 48.5 Å². The number of ether oxygens (including phenoxy) is 1. The molecule has 0 atom stereocenters. The smallest absolute Gasteiger partial charge is 0.258 e. The number of aromatic nitrogens is 1. The van der Waals surface area contributed by atoms with Crippen LogP contribution < -0.4 is 10.1 Å². The minimum absolute atomic E-state index is 0.0669. The molecule has 0 saturated carbocycles. The minimum atomic E-state index is -0.226. The second-order valence-electron chi connectivity index (χ2n) is 5.68. The fraction of sp³-hybridized carbons (Fsp3) is 0.200. The van der Waals surface area contributed by atoms with Gasteiger partial charge in [-0.05, 0) is 25.5 Å². The number of carbonyl (C=O) groups is 1. The summed E-state index contributed by atoms with van der Waals surface area (Å²) in [5.74, 6) is 1.70. The molecule has 0 unspecified atom stereocenters. The Labute approximate surface area is 146 Å². The molecule has 0 fully saturated rings. The lowest BCUT2D eigenvalue weighted by Gasteiger charge is -2.11. The average molecular weight is 336 g/mol. The van der Waals surface area contributed by atoms with Crippen molar-refractivity contribution in [1.29, 1.82) is 0 Å². The van der Waals surface area contributed by atoms with E-state index in [9.17, 15) is 4.79 Å². The van der Waals surface area contributed by atoms with Gasteiger partial charge in [0.1, 0.15) is 11.5 Å². The minimum Gasteiger partial charge on any atom is -0.483 e. The van der Waals surface area contributed by atoms with Crippen molar-refractivity contribution >= 4 is 5.91 Å². The van der Waals surface area contributed by atoms with E-state index in [2.05, 4.69) is 10.3 Å². The third kappa shape index (κ3) is 4.26. The number of benzene rings is 2. The fourth-order valence-corrected chi connectivity index (χ4v) is 2.43. The molecule has 5 nitrogen and oxygen atoms in total. The lowest BCUT2D eigenvalue weighted by atomic mass is 10.1. The van der Waals surface area contributed by atoms with Crippen LogP contribution in [-0.4, -0.2) is 17.5 Å². The monoisotopic (exact) mass is 336 g/mol. The number of hydrogen-bond donors (Lipinski definition) is 1. The largest absolute Gasteiger partial charge is 0.483 e. The number of oxazole rings is 1. The molecule has 0 aliphatic rings. The first-order valence-electron chi connectivity index (χ1n) is 8.10. The summed E-state index contributed by atoms with van der Waals surface area (Å²) >= 11 is 0. The number of nitrogens with zero attached hydrogens (tertiary/aromatic N) is 1. The van der Waals surface area contributed by atoms with Gasteiger partial charge in [0.2, 0.25) is 5.89 Å². The number of hydrogen-bond acceptors (Lipinski definition) is 4. The first-order chi connectivity index (χ1) is 12.1. The number of para-hydroxylation sites is 1. The molecular formula is C20H20N2O3. The molecule has 0 aliphatic carbocycles. The zero-order chi connectivity index (χ0) is 17.6. The molecule has 1 aromatic heterocycles. The molecule has 0 spiro atoms. The summed E-state index contributed by atoms with van der Waals surface area (Å²) in [4.78, 5) is 16.3. The van der Waals surface area contributed by atoms with Crippen LogP contribution in [0.3, 0.4) is 0 Å². The molecule has 2 aromatic carbocycles. The molecule has 0 aliphatic heterocycles. The molecule has 25 heavy (non-hydrogen) atoms. The van der Waals surface area contributed by atoms with Crippen LogP contribution in [0.1, 0.15) is 17.3 Å². The predicted molar refractivity (Wildman–Crippen MR) is 95.2 cm³/mol. The van der Waals surface area contributed by atoms with E-state index < -0.39 is 0 Å². The number of nitrogens with one attached hydrogen (secondary N) is 1. The fourth-order valence-electron chi connectivity index (χ4n) is 2.43. The molecule has 1 N–H and O–H groups in total. The average Bonchev–Trinajstić information content (AvgIpc) is 2.97. The Kier molecular flexibility index (Phi) is 5.14. The second-order valence-corrected chi connectivity index (χ2v) is 5.68. The van der Waals surface area contributed by atoms with E-state index in [0.29, 0.717) is 11.6 Å². The molecule has 0 radical (unpaired) electrons. The maximum absolute atomic E-state index is 12.0. The first-order valence-corrected chi connectivity index (χ1v) is 8.10. The van der Waals surface area contributed by atoms with Crippen LogP contribution in [0.4, 0.5) is 0 Å². The normalized spacial score (nSPS) is 10.5. The highest BCUT2D eigenvalue weighted by Gasteiger charge is 2.10. The summed E-state index contributed by atoms with van der Waals surface area (Å²) in [6.07, 6.45) is 0. The van der Waals surface area contributed by atoms with Gasteiger partial charge in [-0.15, -0.1) is 0 Å². The summed E-state index contributed by atoms with van der Waals surface area (Å²) < 4.78 is 11.1. The van der Waals surface area contributed by atoms with Gasteiger partial charge < -0.3 is 14.5 Å². The number of carbonyl (C=O) groups excluding carboxylic acids is 1. The van der Waals surface area contributed by atoms with Crippen LogP contribution in [-0.2, 0) is 11.3 Å². The van der Waals surface area contributed by atoms with E-state index in [1.807, 2.05) is 68.4 Å². The van der Waals surface area contributed by atoms with Gasteiger partial charge in [-0.2, -0.15) is 0 Å². The Balaban J connectivity index is 1.59. The third-order valence-corrected chi connectivity index (χ3v) is 3.84. The molecule has 1 amide bonds. The van der Waals surface area contributed by atoms with Crippen molar-refractivity contribution in [3.05, 3.63) is 71.9 Å². The molecule has 3 rings (SSSR count). The Morgan fingerprint density at radius 1 is 1.08 bits per heavy atom. The van der Waals surface area contributed by atoms with Gasteiger partial charge >= 0.3 is 0 Å². The maximum Gasteiger partial charge on any atom is 0.258 e. The zero-order valence-corrected chi connectivity index (χ0v) is 14.3. The van der Waals surface area contributed by atoms with Crippen LogP contribution >= 0.6 is 0 Å². The van der Waals surface area contributed by atoms with Crippen molar-refractivity contribution in [3.8, 4) is 16.9 Å². The lowest BCUT2D eigenvalue weighted by molar-refractivity contribution is -0.123. The van der Waals surface area contributed by atoms with Gasteiger partial charge in [0.05, 0.1) is 12.2 Å². The summed E-state index contributed by atoms with van der Waals surface area (Å²) in [5.41, 5.74) is 2.83. The maximum atomic E-state index is 12.0. The molecule has 128 valence electrons. The number of rotatable bonds is 6. The highest BCUT2D eigenvalue weighted by molar-refractivity contribution is 5.78. The highest BCUT2D eigenvalue weighted by atomic mass is 16.5. The SMILES string of the molecule is Cc1nc(CNC(=O)COc2ccccc2-c2ccccc2)oc1C. The van der Waals surface area contributed by atoms with Gasteiger partial charge in [-0.3, -0.25) is 4.79 Å². The Hall–Kier alpha value is -3.08. The van der Waals surface area contributed by atoms with E-state index in [4.69, 9.17) is 9.15 Å². The van der Waals surface area contributed by atoms with Crippen molar-refractivity contribution in [1.82, 2.24) is 10.3 Å². The molecule has 5 heteroatoms. The van der Waals surface area contributed by atoms with Gasteiger partial charge in [0, 0.05) is 5.56 Å². The Morgan fingerprint density at radius 3 is 2.52 bits per heavy atom. The molecule has 0 saturated heterocycles. The number of amides is 1. The highest BCUT2D eigenvalue weighted by Crippen LogP contribution is 2.29. The topological polar surface area (TPSA) is 64.4 Å². The summed E-state index contributed by atoms with van der Waals surface area (Å²) in [6, 6.07) is 17.6. The molecule has 3 aromatic rings. The van der Waals surface area contributed by atoms with Crippen LogP contribution in [0.2, 0.25) is 0 Å². The second kappa shape index (κ2) is 7.66. The summed E-state index contributed by atoms with van der Waals surface area (Å²) in [5, 5.41) is 2.75. The van der Waals surface area contributed by atoms with Crippen molar-refractivity contribution in [3.63, 3.8) is 0 Å². The number of aryl methyl sites for hydroxylation is 2. The van der Waals surface area contributed by atoms with Crippen LogP contribution in [0.25, 0.3) is 11.1 Å². The van der Waals surface area contributed by atoms with Crippen molar-refractivity contribution in [2.45, 2.75) is 20.4 Å². The van der Waals surface area contributed by atoms with Crippen LogP contribution in [0, 0.1) is 13.8 Å². The standard InChI is InChI=1S/C20H20N2O3/c1-14-15(2)25-20(22-14)12-21-19(23)13-24-18-11-7-6-10-17(18)16-8-4-3-5-9-16/h3-11H,12-13H2,1-2H3,(H,21,23). The van der Waals surface area contributed by atoms with Gasteiger partial charge in [0.25, 0.3) is 5.91 Å². The third-order valence-electron chi connectivity index (χ3n) is 3.84. The molecule has 0 bridgehead atoms. The predicted octanol–water partition coefficient (Wildman–Crippen LogP) is 3.65. The van der Waals surface area contributed by atoms with Crippen molar-refractivity contribution < 1.29 is 13.9 Å². The Morgan fingerprint density at radius 2 is 1.80 bits per heavy atom. The molecule has 1 heterocycles. The van der Waals surface area contributed by atoms with Crippen LogP contribution in [0.15, 0.2) is 59.0 Å².